The van der Waals surface area contributed by atoms with Gasteiger partial charge in [-0.1, -0.05) is 12.1 Å². The van der Waals surface area contributed by atoms with E-state index in [1.165, 1.54) is 18.2 Å². The molecule has 1 saturated heterocycles. The Labute approximate surface area is 130 Å². The molecule has 4 rings (SSSR count). The zero-order chi connectivity index (χ0) is 16.4. The average Bonchev–Trinajstić information content (AvgIpc) is 3.08. The molecule has 2 aliphatic carbocycles. The van der Waals surface area contributed by atoms with Crippen molar-refractivity contribution in [3.05, 3.63) is 29.8 Å². The van der Waals surface area contributed by atoms with Crippen LogP contribution in [0.15, 0.2) is 24.3 Å². The zero-order valence-corrected chi connectivity index (χ0v) is 12.0. The summed E-state index contributed by atoms with van der Waals surface area (Å²) in [6.07, 6.45) is -3.29. The van der Waals surface area contributed by atoms with Gasteiger partial charge in [0.25, 0.3) is 0 Å². The molecule has 122 valence electrons. The minimum atomic E-state index is -4.55. The van der Waals surface area contributed by atoms with Crippen LogP contribution in [0.4, 0.5) is 18.9 Å². The number of anilines is 1. The van der Waals surface area contributed by atoms with Crippen molar-refractivity contribution < 1.29 is 27.5 Å². The van der Waals surface area contributed by atoms with E-state index >= 15 is 0 Å². The minimum absolute atomic E-state index is 0.0134. The van der Waals surface area contributed by atoms with Crippen molar-refractivity contribution in [3.8, 4) is 0 Å². The summed E-state index contributed by atoms with van der Waals surface area (Å²) < 4.78 is 44.3. The van der Waals surface area contributed by atoms with Crippen LogP contribution in [0.2, 0.25) is 0 Å². The molecule has 1 heterocycles. The molecular weight excluding hydrogens is 311 g/mol. The van der Waals surface area contributed by atoms with Gasteiger partial charge in [-0.2, -0.15) is 13.2 Å². The van der Waals surface area contributed by atoms with Crippen molar-refractivity contribution in [2.45, 2.75) is 25.1 Å². The SMILES string of the molecule is O=C(Nc1ccccc1C(F)(F)F)[C@@H]1[C@@H]2C[C@@H]3[C@H]1C(=O)O[C@H]3C2. The Morgan fingerprint density at radius 1 is 1.22 bits per heavy atom. The van der Waals surface area contributed by atoms with Gasteiger partial charge in [-0.15, -0.1) is 0 Å². The average molecular weight is 325 g/mol. The van der Waals surface area contributed by atoms with Crippen molar-refractivity contribution in [2.75, 3.05) is 5.32 Å². The Hall–Kier alpha value is -2.05. The van der Waals surface area contributed by atoms with Gasteiger partial charge in [-0.3, -0.25) is 9.59 Å². The largest absolute Gasteiger partial charge is 0.462 e. The van der Waals surface area contributed by atoms with E-state index in [4.69, 9.17) is 4.74 Å². The van der Waals surface area contributed by atoms with E-state index in [1.54, 1.807) is 0 Å². The third-order valence-electron chi connectivity index (χ3n) is 5.28. The summed E-state index contributed by atoms with van der Waals surface area (Å²) in [7, 11) is 0. The second kappa shape index (κ2) is 4.72. The molecule has 4 nitrogen and oxygen atoms in total. The van der Waals surface area contributed by atoms with Gasteiger partial charge in [0.15, 0.2) is 0 Å². The Bertz CT molecular complexity index is 685. The van der Waals surface area contributed by atoms with Crippen molar-refractivity contribution in [1.29, 1.82) is 0 Å². The van der Waals surface area contributed by atoms with Crippen molar-refractivity contribution in [3.63, 3.8) is 0 Å². The zero-order valence-electron chi connectivity index (χ0n) is 12.0. The molecule has 0 radical (unpaired) electrons. The van der Waals surface area contributed by atoms with Crippen molar-refractivity contribution >= 4 is 17.6 Å². The van der Waals surface area contributed by atoms with E-state index in [0.717, 1.165) is 12.5 Å². The summed E-state index contributed by atoms with van der Waals surface area (Å²) in [5.41, 5.74) is -1.15. The first kappa shape index (κ1) is 14.5. The van der Waals surface area contributed by atoms with E-state index in [-0.39, 0.29) is 29.6 Å². The Morgan fingerprint density at radius 3 is 2.70 bits per heavy atom. The number of nitrogens with one attached hydrogen (secondary N) is 1. The van der Waals surface area contributed by atoms with Crippen LogP contribution < -0.4 is 5.32 Å². The van der Waals surface area contributed by atoms with Gasteiger partial charge in [0.05, 0.1) is 23.1 Å². The van der Waals surface area contributed by atoms with Crippen LogP contribution in [-0.4, -0.2) is 18.0 Å². The van der Waals surface area contributed by atoms with E-state index in [1.807, 2.05) is 0 Å². The lowest BCUT2D eigenvalue weighted by atomic mass is 9.79. The standard InChI is InChI=1S/C16H14F3NO3/c17-16(18,19)9-3-1-2-4-10(9)20-14(21)12-7-5-8-11(6-7)23-15(22)13(8)12/h1-4,7-8,11-13H,5-6H2,(H,20,21)/t7-,8+,11+,12-,13-/m1/s1. The smallest absolute Gasteiger partial charge is 0.418 e. The van der Waals surface area contributed by atoms with Gasteiger partial charge in [-0.05, 0) is 30.9 Å². The van der Waals surface area contributed by atoms with Crippen LogP contribution in [0, 0.1) is 23.7 Å². The molecule has 1 amide bonds. The second-order valence-corrected chi connectivity index (χ2v) is 6.45. The molecule has 0 spiro atoms. The van der Waals surface area contributed by atoms with Crippen LogP contribution in [0.5, 0.6) is 0 Å². The fraction of sp³-hybridized carbons (Fsp3) is 0.500. The number of hydrogen-bond donors (Lipinski definition) is 1. The monoisotopic (exact) mass is 325 g/mol. The number of para-hydroxylation sites is 1. The Kier molecular flexibility index (Phi) is 2.98. The lowest BCUT2D eigenvalue weighted by Gasteiger charge is -2.24. The molecule has 1 aliphatic heterocycles. The first-order chi connectivity index (χ1) is 10.9. The minimum Gasteiger partial charge on any atom is -0.462 e. The number of fused-ring (bicyclic) bond motifs is 1. The molecule has 2 saturated carbocycles. The summed E-state index contributed by atoms with van der Waals surface area (Å²) in [6.45, 7) is 0. The molecule has 2 bridgehead atoms. The predicted molar refractivity (Wildman–Crippen MR) is 73.1 cm³/mol. The quantitative estimate of drug-likeness (QED) is 0.851. The number of halogens is 3. The Morgan fingerprint density at radius 2 is 1.96 bits per heavy atom. The van der Waals surface area contributed by atoms with Crippen LogP contribution >= 0.6 is 0 Å². The van der Waals surface area contributed by atoms with E-state index < -0.39 is 29.5 Å². The molecule has 5 atom stereocenters. The molecule has 3 fully saturated rings. The van der Waals surface area contributed by atoms with Gasteiger partial charge < -0.3 is 10.1 Å². The number of rotatable bonds is 2. The molecule has 7 heteroatoms. The van der Waals surface area contributed by atoms with Gasteiger partial charge in [0.1, 0.15) is 6.10 Å². The molecule has 1 aromatic rings. The fourth-order valence-corrected chi connectivity index (χ4v) is 4.42. The second-order valence-electron chi connectivity index (χ2n) is 6.45. The number of benzene rings is 1. The Balaban J connectivity index is 1.59. The van der Waals surface area contributed by atoms with Crippen LogP contribution in [-0.2, 0) is 20.5 Å². The summed E-state index contributed by atoms with van der Waals surface area (Å²) in [5.74, 6) is -1.94. The maximum Gasteiger partial charge on any atom is 0.418 e. The van der Waals surface area contributed by atoms with Crippen LogP contribution in [0.3, 0.4) is 0 Å². The van der Waals surface area contributed by atoms with Crippen molar-refractivity contribution in [1.82, 2.24) is 0 Å². The highest BCUT2D eigenvalue weighted by atomic mass is 19.4. The summed E-state index contributed by atoms with van der Waals surface area (Å²) >= 11 is 0. The number of esters is 1. The fourth-order valence-electron chi connectivity index (χ4n) is 4.42. The third kappa shape index (κ3) is 2.13. The summed E-state index contributed by atoms with van der Waals surface area (Å²) in [5, 5.41) is 2.38. The van der Waals surface area contributed by atoms with Crippen LogP contribution in [0.25, 0.3) is 0 Å². The number of ether oxygens (including phenoxy) is 1. The van der Waals surface area contributed by atoms with Crippen molar-refractivity contribution in [2.24, 2.45) is 23.7 Å². The highest BCUT2D eigenvalue weighted by Crippen LogP contribution is 2.57. The van der Waals surface area contributed by atoms with E-state index in [9.17, 15) is 22.8 Å². The molecule has 0 unspecified atom stereocenters. The van der Waals surface area contributed by atoms with Crippen LogP contribution in [0.1, 0.15) is 18.4 Å². The number of amides is 1. The summed E-state index contributed by atoms with van der Waals surface area (Å²) in [6, 6.07) is 4.86. The van der Waals surface area contributed by atoms with Gasteiger partial charge in [0, 0.05) is 5.92 Å². The van der Waals surface area contributed by atoms with E-state index in [2.05, 4.69) is 5.32 Å². The third-order valence-corrected chi connectivity index (χ3v) is 5.28. The molecule has 3 aliphatic rings. The lowest BCUT2D eigenvalue weighted by Crippen LogP contribution is -2.36. The van der Waals surface area contributed by atoms with Gasteiger partial charge in [0.2, 0.25) is 5.91 Å². The maximum atomic E-state index is 13.0. The summed E-state index contributed by atoms with van der Waals surface area (Å²) in [4.78, 5) is 24.4. The maximum absolute atomic E-state index is 13.0. The number of carbonyl (C=O) groups excluding carboxylic acids is 2. The highest BCUT2D eigenvalue weighted by Gasteiger charge is 2.63. The topological polar surface area (TPSA) is 55.4 Å². The first-order valence-electron chi connectivity index (χ1n) is 7.54. The first-order valence-corrected chi connectivity index (χ1v) is 7.54. The molecule has 1 N–H and O–H groups in total. The highest BCUT2D eigenvalue weighted by molar-refractivity contribution is 5.97. The molecule has 1 aromatic carbocycles. The molecule has 23 heavy (non-hydrogen) atoms. The van der Waals surface area contributed by atoms with Gasteiger partial charge >= 0.3 is 12.1 Å². The molecule has 0 aromatic heterocycles. The molecular formula is C16H14F3NO3. The predicted octanol–water partition coefficient (Wildman–Crippen LogP) is 2.84. The lowest BCUT2D eigenvalue weighted by molar-refractivity contribution is -0.145. The van der Waals surface area contributed by atoms with E-state index in [0.29, 0.717) is 6.42 Å². The van der Waals surface area contributed by atoms with Gasteiger partial charge in [-0.25, -0.2) is 0 Å². The normalized spacial score (nSPS) is 34.6. The number of alkyl halides is 3. The number of hydrogen-bond acceptors (Lipinski definition) is 3. The number of carbonyl (C=O) groups is 2.